The van der Waals surface area contributed by atoms with E-state index < -0.39 is 0 Å². The van der Waals surface area contributed by atoms with Crippen molar-refractivity contribution in [3.63, 3.8) is 0 Å². The molecule has 3 rings (SSSR count). The zero-order valence-electron chi connectivity index (χ0n) is 15.0. The topological polar surface area (TPSA) is 35.6 Å². The van der Waals surface area contributed by atoms with Gasteiger partial charge in [-0.1, -0.05) is 29.8 Å². The summed E-state index contributed by atoms with van der Waals surface area (Å²) in [6.07, 6.45) is 0. The number of urea groups is 1. The van der Waals surface area contributed by atoms with Crippen LogP contribution in [0.2, 0.25) is 5.02 Å². The summed E-state index contributed by atoms with van der Waals surface area (Å²) in [4.78, 5) is 16.7. The Morgan fingerprint density at radius 3 is 2.44 bits per heavy atom. The van der Waals surface area contributed by atoms with E-state index in [0.717, 1.165) is 35.1 Å². The van der Waals surface area contributed by atoms with Gasteiger partial charge in [-0.25, -0.2) is 4.79 Å². The van der Waals surface area contributed by atoms with Gasteiger partial charge in [-0.05, 0) is 55.7 Å². The van der Waals surface area contributed by atoms with Crippen molar-refractivity contribution in [1.82, 2.24) is 4.90 Å². The second-order valence-electron chi connectivity index (χ2n) is 6.58. The smallest absolute Gasteiger partial charge is 0.321 e. The van der Waals surface area contributed by atoms with Crippen LogP contribution in [0.3, 0.4) is 0 Å². The first-order valence-electron chi connectivity index (χ1n) is 8.59. The third-order valence-electron chi connectivity index (χ3n) is 4.92. The highest BCUT2D eigenvalue weighted by Crippen LogP contribution is 2.25. The fraction of sp³-hybridized carbons (Fsp3) is 0.350. The van der Waals surface area contributed by atoms with Gasteiger partial charge in [0.1, 0.15) is 0 Å². The quantitative estimate of drug-likeness (QED) is 0.851. The van der Waals surface area contributed by atoms with Crippen molar-refractivity contribution in [3.8, 4) is 0 Å². The molecule has 1 fully saturated rings. The molecule has 132 valence electrons. The van der Waals surface area contributed by atoms with Gasteiger partial charge in [0.25, 0.3) is 0 Å². The summed E-state index contributed by atoms with van der Waals surface area (Å²) in [7, 11) is 0. The number of carbonyl (C=O) groups is 1. The molecule has 2 aromatic carbocycles. The van der Waals surface area contributed by atoms with Crippen LogP contribution in [0.4, 0.5) is 16.2 Å². The maximum absolute atomic E-state index is 12.6. The SMILES string of the molecule is Cc1ccc(Cl)cc1N1CCN(C(=O)Nc2cccc(C)c2C)CC1. The largest absolute Gasteiger partial charge is 0.368 e. The highest BCUT2D eigenvalue weighted by molar-refractivity contribution is 6.30. The molecule has 0 atom stereocenters. The number of hydrogen-bond acceptors (Lipinski definition) is 2. The summed E-state index contributed by atoms with van der Waals surface area (Å²) in [5.41, 5.74) is 5.54. The second-order valence-corrected chi connectivity index (χ2v) is 7.02. The number of amides is 2. The lowest BCUT2D eigenvalue weighted by atomic mass is 10.1. The summed E-state index contributed by atoms with van der Waals surface area (Å²) < 4.78 is 0. The molecular formula is C20H24ClN3O. The number of carbonyl (C=O) groups excluding carboxylic acids is 1. The number of hydrogen-bond donors (Lipinski definition) is 1. The van der Waals surface area contributed by atoms with E-state index in [-0.39, 0.29) is 6.03 Å². The molecule has 0 saturated carbocycles. The fourth-order valence-electron chi connectivity index (χ4n) is 3.15. The molecule has 1 N–H and O–H groups in total. The Kier molecular flexibility index (Phi) is 5.19. The number of aryl methyl sites for hydroxylation is 2. The summed E-state index contributed by atoms with van der Waals surface area (Å²) in [6, 6.07) is 11.9. The van der Waals surface area contributed by atoms with E-state index in [1.807, 2.05) is 42.2 Å². The van der Waals surface area contributed by atoms with E-state index in [4.69, 9.17) is 11.6 Å². The number of nitrogens with one attached hydrogen (secondary N) is 1. The molecule has 0 aromatic heterocycles. The molecule has 2 amide bonds. The summed E-state index contributed by atoms with van der Waals surface area (Å²) in [5, 5.41) is 3.79. The second kappa shape index (κ2) is 7.36. The normalized spacial score (nSPS) is 14.6. The summed E-state index contributed by atoms with van der Waals surface area (Å²) >= 11 is 6.13. The Bertz CT molecular complexity index is 783. The molecule has 2 aromatic rings. The first kappa shape index (κ1) is 17.6. The predicted octanol–water partition coefficient (Wildman–Crippen LogP) is 4.62. The predicted molar refractivity (Wildman–Crippen MR) is 105 cm³/mol. The van der Waals surface area contributed by atoms with Crippen molar-refractivity contribution >= 4 is 29.0 Å². The van der Waals surface area contributed by atoms with E-state index in [1.54, 1.807) is 0 Å². The van der Waals surface area contributed by atoms with E-state index in [0.29, 0.717) is 13.1 Å². The molecule has 5 heteroatoms. The van der Waals surface area contributed by atoms with Crippen LogP contribution in [0.5, 0.6) is 0 Å². The molecule has 1 saturated heterocycles. The van der Waals surface area contributed by atoms with E-state index in [2.05, 4.69) is 30.1 Å². The van der Waals surface area contributed by atoms with Crippen LogP contribution in [0.15, 0.2) is 36.4 Å². The standard InChI is InChI=1S/C20H24ClN3O/c1-14-5-4-6-18(16(14)3)22-20(25)24-11-9-23(10-12-24)19-13-17(21)8-7-15(19)2/h4-8,13H,9-12H2,1-3H3,(H,22,25). The molecule has 1 aliphatic rings. The van der Waals surface area contributed by atoms with Gasteiger partial charge in [-0.3, -0.25) is 0 Å². The van der Waals surface area contributed by atoms with Crippen molar-refractivity contribution in [2.24, 2.45) is 0 Å². The number of halogens is 1. The third kappa shape index (κ3) is 3.90. The Morgan fingerprint density at radius 2 is 1.72 bits per heavy atom. The van der Waals surface area contributed by atoms with E-state index >= 15 is 0 Å². The van der Waals surface area contributed by atoms with Crippen LogP contribution in [-0.4, -0.2) is 37.1 Å². The molecular weight excluding hydrogens is 334 g/mol. The lowest BCUT2D eigenvalue weighted by Gasteiger charge is -2.37. The Balaban J connectivity index is 1.63. The number of piperazine rings is 1. The van der Waals surface area contributed by atoms with Crippen LogP contribution in [0.25, 0.3) is 0 Å². The van der Waals surface area contributed by atoms with Gasteiger partial charge < -0.3 is 15.1 Å². The Labute approximate surface area is 154 Å². The number of rotatable bonds is 2. The lowest BCUT2D eigenvalue weighted by Crippen LogP contribution is -2.50. The number of anilines is 2. The van der Waals surface area contributed by atoms with Crippen molar-refractivity contribution in [3.05, 3.63) is 58.1 Å². The molecule has 0 aliphatic carbocycles. The zero-order chi connectivity index (χ0) is 18.0. The first-order chi connectivity index (χ1) is 12.0. The molecule has 1 aliphatic heterocycles. The molecule has 0 radical (unpaired) electrons. The maximum Gasteiger partial charge on any atom is 0.321 e. The van der Waals surface area contributed by atoms with Gasteiger partial charge in [-0.2, -0.15) is 0 Å². The summed E-state index contributed by atoms with van der Waals surface area (Å²) in [5.74, 6) is 0. The molecule has 1 heterocycles. The van der Waals surface area contributed by atoms with Gasteiger partial charge in [0.05, 0.1) is 0 Å². The van der Waals surface area contributed by atoms with Gasteiger partial charge in [0, 0.05) is 42.6 Å². The maximum atomic E-state index is 12.6. The van der Waals surface area contributed by atoms with Gasteiger partial charge >= 0.3 is 6.03 Å². The van der Waals surface area contributed by atoms with E-state index in [1.165, 1.54) is 11.1 Å². The van der Waals surface area contributed by atoms with Crippen LogP contribution in [-0.2, 0) is 0 Å². The minimum absolute atomic E-state index is 0.0313. The fourth-order valence-corrected chi connectivity index (χ4v) is 3.32. The van der Waals surface area contributed by atoms with Crippen LogP contribution >= 0.6 is 11.6 Å². The van der Waals surface area contributed by atoms with Gasteiger partial charge in [0.2, 0.25) is 0 Å². The Hall–Kier alpha value is -2.20. The van der Waals surface area contributed by atoms with Crippen molar-refractivity contribution in [1.29, 1.82) is 0 Å². The lowest BCUT2D eigenvalue weighted by molar-refractivity contribution is 0.208. The van der Waals surface area contributed by atoms with E-state index in [9.17, 15) is 4.79 Å². The number of nitrogens with zero attached hydrogens (tertiary/aromatic N) is 2. The minimum atomic E-state index is -0.0313. The Morgan fingerprint density at radius 1 is 1.00 bits per heavy atom. The summed E-state index contributed by atoms with van der Waals surface area (Å²) in [6.45, 7) is 9.18. The number of benzene rings is 2. The van der Waals surface area contributed by atoms with Gasteiger partial charge in [-0.15, -0.1) is 0 Å². The molecule has 0 unspecified atom stereocenters. The van der Waals surface area contributed by atoms with Gasteiger partial charge in [0.15, 0.2) is 0 Å². The monoisotopic (exact) mass is 357 g/mol. The van der Waals surface area contributed by atoms with Crippen LogP contribution in [0, 0.1) is 20.8 Å². The van der Waals surface area contributed by atoms with Crippen molar-refractivity contribution < 1.29 is 4.79 Å². The molecule has 0 bridgehead atoms. The molecule has 4 nitrogen and oxygen atoms in total. The van der Waals surface area contributed by atoms with Crippen LogP contribution < -0.4 is 10.2 Å². The average Bonchev–Trinajstić information content (AvgIpc) is 2.61. The van der Waals surface area contributed by atoms with Crippen molar-refractivity contribution in [2.75, 3.05) is 36.4 Å². The molecule has 0 spiro atoms. The highest BCUT2D eigenvalue weighted by atomic mass is 35.5. The molecule has 25 heavy (non-hydrogen) atoms. The van der Waals surface area contributed by atoms with Crippen molar-refractivity contribution in [2.45, 2.75) is 20.8 Å². The third-order valence-corrected chi connectivity index (χ3v) is 5.16. The first-order valence-corrected chi connectivity index (χ1v) is 8.97. The minimum Gasteiger partial charge on any atom is -0.368 e. The van der Waals surface area contributed by atoms with Crippen LogP contribution in [0.1, 0.15) is 16.7 Å². The highest BCUT2D eigenvalue weighted by Gasteiger charge is 2.22. The zero-order valence-corrected chi connectivity index (χ0v) is 15.7. The average molecular weight is 358 g/mol.